The highest BCUT2D eigenvalue weighted by molar-refractivity contribution is 6.30. The number of halogens is 1. The Labute approximate surface area is 145 Å². The maximum absolute atomic E-state index is 6.60. The first-order valence-electron chi connectivity index (χ1n) is 8.68. The quantitative estimate of drug-likeness (QED) is 0.622. The van der Waals surface area contributed by atoms with E-state index in [4.69, 9.17) is 22.1 Å². The van der Waals surface area contributed by atoms with Gasteiger partial charge in [0, 0.05) is 21.9 Å². The molecule has 0 unspecified atom stereocenters. The highest BCUT2D eigenvalue weighted by Crippen LogP contribution is 2.36. The van der Waals surface area contributed by atoms with Crippen LogP contribution in [0.2, 0.25) is 5.02 Å². The van der Waals surface area contributed by atoms with Gasteiger partial charge in [0.05, 0.1) is 6.61 Å². The number of ether oxygens (including phenoxy) is 1. The molecule has 0 radical (unpaired) electrons. The van der Waals surface area contributed by atoms with E-state index in [9.17, 15) is 0 Å². The van der Waals surface area contributed by atoms with Gasteiger partial charge in [-0.05, 0) is 69.2 Å². The summed E-state index contributed by atoms with van der Waals surface area (Å²) in [4.78, 5) is 0. The van der Waals surface area contributed by atoms with Gasteiger partial charge >= 0.3 is 0 Å². The molecular weight excluding hydrogens is 306 g/mol. The first-order chi connectivity index (χ1) is 11.1. The van der Waals surface area contributed by atoms with Crippen molar-refractivity contribution < 1.29 is 4.74 Å². The van der Waals surface area contributed by atoms with Gasteiger partial charge in [-0.15, -0.1) is 0 Å². The van der Waals surface area contributed by atoms with Gasteiger partial charge in [-0.3, -0.25) is 0 Å². The maximum Gasteiger partial charge on any atom is 0.123 e. The number of hydrogen-bond acceptors (Lipinski definition) is 2. The number of allylic oxidation sites excluding steroid dienone is 2. The minimum atomic E-state index is 0.682. The van der Waals surface area contributed by atoms with Crippen LogP contribution in [0.4, 0.5) is 0 Å². The van der Waals surface area contributed by atoms with E-state index in [1.807, 2.05) is 25.1 Å². The normalized spacial score (nSPS) is 15.0. The second kappa shape index (κ2) is 8.44. The van der Waals surface area contributed by atoms with E-state index in [1.165, 1.54) is 17.6 Å². The van der Waals surface area contributed by atoms with Crippen molar-refractivity contribution in [2.24, 2.45) is 5.73 Å². The largest absolute Gasteiger partial charge is 0.494 e. The van der Waals surface area contributed by atoms with Crippen molar-refractivity contribution in [1.82, 2.24) is 0 Å². The first-order valence-corrected chi connectivity index (χ1v) is 9.06. The lowest BCUT2D eigenvalue weighted by atomic mass is 9.86. The smallest absolute Gasteiger partial charge is 0.123 e. The molecule has 0 saturated heterocycles. The van der Waals surface area contributed by atoms with Gasteiger partial charge in [-0.2, -0.15) is 0 Å². The topological polar surface area (TPSA) is 35.2 Å². The summed E-state index contributed by atoms with van der Waals surface area (Å²) in [5.74, 6) is 1.05. The van der Waals surface area contributed by atoms with Crippen LogP contribution in [0.5, 0.6) is 0 Å². The van der Waals surface area contributed by atoms with Gasteiger partial charge < -0.3 is 10.5 Å². The second-order valence-electron chi connectivity index (χ2n) is 6.17. The van der Waals surface area contributed by atoms with Crippen LogP contribution in [-0.2, 0) is 4.74 Å². The zero-order valence-electron chi connectivity index (χ0n) is 14.5. The van der Waals surface area contributed by atoms with E-state index < -0.39 is 0 Å². The zero-order valence-corrected chi connectivity index (χ0v) is 15.3. The molecule has 23 heavy (non-hydrogen) atoms. The highest BCUT2D eigenvalue weighted by atomic mass is 35.5. The third kappa shape index (κ3) is 4.32. The molecule has 0 aliphatic heterocycles. The summed E-state index contributed by atoms with van der Waals surface area (Å²) in [5, 5.41) is 0.747. The van der Waals surface area contributed by atoms with Gasteiger partial charge in [0.15, 0.2) is 0 Å². The molecule has 0 atom stereocenters. The minimum absolute atomic E-state index is 0.682. The monoisotopic (exact) mass is 333 g/mol. The van der Waals surface area contributed by atoms with Gasteiger partial charge in [-0.25, -0.2) is 0 Å². The summed E-state index contributed by atoms with van der Waals surface area (Å²) in [6.45, 7) is 6.99. The molecule has 0 aromatic heterocycles. The van der Waals surface area contributed by atoms with Crippen LogP contribution >= 0.6 is 11.6 Å². The van der Waals surface area contributed by atoms with Crippen molar-refractivity contribution in [2.75, 3.05) is 6.61 Å². The first kappa shape index (κ1) is 17.9. The number of hydrogen-bond donors (Lipinski definition) is 1. The number of nitrogens with two attached hydrogens (primary N) is 1. The summed E-state index contributed by atoms with van der Waals surface area (Å²) < 4.78 is 6.03. The van der Waals surface area contributed by atoms with Crippen LogP contribution in [0.15, 0.2) is 35.1 Å². The fraction of sp³-hybridized carbons (Fsp3) is 0.500. The Bertz CT molecular complexity index is 610. The third-order valence-corrected chi connectivity index (χ3v) is 4.66. The molecule has 1 saturated carbocycles. The van der Waals surface area contributed by atoms with E-state index in [0.717, 1.165) is 59.7 Å². The third-order valence-electron chi connectivity index (χ3n) is 4.43. The summed E-state index contributed by atoms with van der Waals surface area (Å²) in [6.07, 6.45) is 6.75. The van der Waals surface area contributed by atoms with E-state index in [2.05, 4.69) is 13.8 Å². The van der Waals surface area contributed by atoms with E-state index >= 15 is 0 Å². The van der Waals surface area contributed by atoms with E-state index in [-0.39, 0.29) is 0 Å². The molecule has 2 rings (SSSR count). The van der Waals surface area contributed by atoms with E-state index in [1.54, 1.807) is 0 Å². The highest BCUT2D eigenvalue weighted by Gasteiger charge is 2.21. The van der Waals surface area contributed by atoms with Crippen LogP contribution in [0.1, 0.15) is 63.5 Å². The summed E-state index contributed by atoms with van der Waals surface area (Å²) in [5.41, 5.74) is 12.2. The Morgan fingerprint density at radius 1 is 1.26 bits per heavy atom. The van der Waals surface area contributed by atoms with Crippen LogP contribution in [0.3, 0.4) is 0 Å². The average Bonchev–Trinajstić information content (AvgIpc) is 2.45. The molecule has 126 valence electrons. The molecule has 3 heteroatoms. The van der Waals surface area contributed by atoms with Gasteiger partial charge in [0.2, 0.25) is 0 Å². The van der Waals surface area contributed by atoms with Crippen molar-refractivity contribution in [3.05, 3.63) is 51.3 Å². The minimum Gasteiger partial charge on any atom is -0.494 e. The molecule has 2 N–H and O–H groups in total. The molecule has 1 aromatic rings. The molecule has 0 spiro atoms. The molecular formula is C20H28ClNO. The number of rotatable bonds is 7. The van der Waals surface area contributed by atoms with Crippen molar-refractivity contribution >= 4 is 17.3 Å². The van der Waals surface area contributed by atoms with Crippen LogP contribution < -0.4 is 5.73 Å². The predicted molar refractivity (Wildman–Crippen MR) is 99.3 cm³/mol. The summed E-state index contributed by atoms with van der Waals surface area (Å²) >= 11 is 6.09. The predicted octanol–water partition coefficient (Wildman–Crippen LogP) is 5.98. The van der Waals surface area contributed by atoms with Crippen LogP contribution in [0.25, 0.3) is 5.70 Å². The zero-order chi connectivity index (χ0) is 16.8. The molecule has 1 aromatic carbocycles. The number of unbranched alkanes of at least 4 members (excludes halogenated alkanes) is 1. The molecule has 0 amide bonds. The second-order valence-corrected chi connectivity index (χ2v) is 6.61. The maximum atomic E-state index is 6.60. The van der Waals surface area contributed by atoms with E-state index in [0.29, 0.717) is 6.61 Å². The Hall–Kier alpha value is -1.41. The average molecular weight is 334 g/mol. The molecule has 1 fully saturated rings. The van der Waals surface area contributed by atoms with Crippen LogP contribution in [0, 0.1) is 6.92 Å². The van der Waals surface area contributed by atoms with Crippen molar-refractivity contribution in [1.29, 1.82) is 0 Å². The van der Waals surface area contributed by atoms with Crippen LogP contribution in [-0.4, -0.2) is 6.61 Å². The Kier molecular flexibility index (Phi) is 6.59. The lowest BCUT2D eigenvalue weighted by Gasteiger charge is -2.25. The number of benzene rings is 1. The lowest BCUT2D eigenvalue weighted by Crippen LogP contribution is -2.12. The number of aryl methyl sites for hydroxylation is 1. The summed E-state index contributed by atoms with van der Waals surface area (Å²) in [6, 6.07) is 5.90. The van der Waals surface area contributed by atoms with Crippen molar-refractivity contribution in [2.45, 2.75) is 59.3 Å². The van der Waals surface area contributed by atoms with Gasteiger partial charge in [0.1, 0.15) is 5.76 Å². The standard InChI is InChI=1S/C20H28ClNO/c1-4-6-10-18(20(23-5-2)15-8-7-9-15)19(22)17-12-11-16(21)13-14(17)3/h11-13H,4-10,22H2,1-3H3/b19-18-. The van der Waals surface area contributed by atoms with Crippen molar-refractivity contribution in [3.8, 4) is 0 Å². The molecule has 0 heterocycles. The molecule has 2 nitrogen and oxygen atoms in total. The molecule has 1 aliphatic carbocycles. The lowest BCUT2D eigenvalue weighted by molar-refractivity contribution is 0.226. The molecule has 0 bridgehead atoms. The van der Waals surface area contributed by atoms with Gasteiger partial charge in [-0.1, -0.05) is 31.0 Å². The van der Waals surface area contributed by atoms with Gasteiger partial charge in [0.25, 0.3) is 0 Å². The Morgan fingerprint density at radius 2 is 2.00 bits per heavy atom. The fourth-order valence-corrected chi connectivity index (χ4v) is 3.17. The Morgan fingerprint density at radius 3 is 2.52 bits per heavy atom. The molecule has 1 aliphatic rings. The fourth-order valence-electron chi connectivity index (χ4n) is 2.94. The Balaban J connectivity index is 2.50. The SMILES string of the molecule is CCCC/C(C(OCC)=C1CCC1)=C(/N)c1ccc(Cl)cc1C. The summed E-state index contributed by atoms with van der Waals surface area (Å²) in [7, 11) is 0. The van der Waals surface area contributed by atoms with Crippen molar-refractivity contribution in [3.63, 3.8) is 0 Å².